The number of pyridine rings is 1. The van der Waals surface area contributed by atoms with Crippen LogP contribution in [0.3, 0.4) is 0 Å². The first kappa shape index (κ1) is 20.4. The van der Waals surface area contributed by atoms with Crippen molar-refractivity contribution >= 4 is 35.2 Å². The number of amides is 3. The lowest BCUT2D eigenvalue weighted by Gasteiger charge is -2.21. The highest BCUT2D eigenvalue weighted by Gasteiger charge is 2.25. The molecule has 1 heterocycles. The van der Waals surface area contributed by atoms with Gasteiger partial charge >= 0.3 is 12.0 Å². The molecule has 8 heteroatoms. The highest BCUT2D eigenvalue weighted by molar-refractivity contribution is 6.18. The fourth-order valence-electron chi connectivity index (χ4n) is 2.38. The van der Waals surface area contributed by atoms with Crippen LogP contribution in [0.15, 0.2) is 42.5 Å². The van der Waals surface area contributed by atoms with Gasteiger partial charge in [-0.1, -0.05) is 18.2 Å². The molecular weight excluding hydrogens is 370 g/mol. The zero-order chi connectivity index (χ0) is 19.8. The first-order valence-electron chi connectivity index (χ1n) is 8.27. The van der Waals surface area contributed by atoms with Gasteiger partial charge in [0.15, 0.2) is 0 Å². The zero-order valence-electron chi connectivity index (χ0n) is 15.1. The van der Waals surface area contributed by atoms with Crippen LogP contribution in [0.2, 0.25) is 0 Å². The van der Waals surface area contributed by atoms with E-state index in [0.29, 0.717) is 12.1 Å². The van der Waals surface area contributed by atoms with E-state index in [2.05, 4.69) is 10.3 Å². The van der Waals surface area contributed by atoms with Crippen LogP contribution in [0.5, 0.6) is 0 Å². The van der Waals surface area contributed by atoms with Gasteiger partial charge in [-0.3, -0.25) is 9.69 Å². The average molecular weight is 390 g/mol. The highest BCUT2D eigenvalue weighted by atomic mass is 35.5. The van der Waals surface area contributed by atoms with Crippen molar-refractivity contribution in [2.75, 3.05) is 24.9 Å². The molecular formula is C19H20ClN3O4. The molecule has 0 saturated carbocycles. The Morgan fingerprint density at radius 1 is 1.15 bits per heavy atom. The summed E-state index contributed by atoms with van der Waals surface area (Å²) in [6, 6.07) is 10.7. The number of methoxy groups -OCH3 is 1. The number of nitrogens with one attached hydrogen (secondary N) is 1. The molecule has 0 saturated heterocycles. The summed E-state index contributed by atoms with van der Waals surface area (Å²) >= 11 is 5.73. The summed E-state index contributed by atoms with van der Waals surface area (Å²) in [5.74, 6) is -0.849. The number of benzene rings is 1. The first-order chi connectivity index (χ1) is 13.0. The number of halogens is 1. The Balaban J connectivity index is 2.28. The number of urea groups is 1. The molecule has 0 aliphatic heterocycles. The zero-order valence-corrected chi connectivity index (χ0v) is 15.8. The van der Waals surface area contributed by atoms with Crippen molar-refractivity contribution in [2.24, 2.45) is 0 Å². The molecule has 0 aliphatic rings. The Morgan fingerprint density at radius 2 is 1.89 bits per heavy atom. The Kier molecular flexibility index (Phi) is 7.31. The summed E-state index contributed by atoms with van der Waals surface area (Å²) in [5.41, 5.74) is 1.25. The Morgan fingerprint density at radius 3 is 2.56 bits per heavy atom. The van der Waals surface area contributed by atoms with Crippen LogP contribution in [0.25, 0.3) is 0 Å². The van der Waals surface area contributed by atoms with Crippen molar-refractivity contribution in [3.63, 3.8) is 0 Å². The second kappa shape index (κ2) is 9.68. The predicted octanol–water partition coefficient (Wildman–Crippen LogP) is 3.48. The largest absolute Gasteiger partial charge is 0.465 e. The van der Waals surface area contributed by atoms with E-state index >= 15 is 0 Å². The van der Waals surface area contributed by atoms with Crippen LogP contribution >= 0.6 is 11.6 Å². The van der Waals surface area contributed by atoms with Crippen LogP contribution in [0.4, 0.5) is 10.5 Å². The second-order valence-corrected chi connectivity index (χ2v) is 6.01. The topological polar surface area (TPSA) is 88.6 Å². The summed E-state index contributed by atoms with van der Waals surface area (Å²) in [6.45, 7) is 1.87. The molecule has 1 aromatic heterocycles. The van der Waals surface area contributed by atoms with E-state index in [0.717, 1.165) is 4.90 Å². The first-order valence-corrected chi connectivity index (χ1v) is 8.81. The number of carbonyl (C=O) groups excluding carboxylic acids is 3. The number of imide groups is 1. The third-order valence-corrected chi connectivity index (χ3v) is 3.95. The van der Waals surface area contributed by atoms with E-state index in [1.807, 2.05) is 0 Å². The predicted molar refractivity (Wildman–Crippen MR) is 102 cm³/mol. The number of nitrogens with zero attached hydrogens (tertiary/aromatic N) is 2. The molecule has 0 bridgehead atoms. The monoisotopic (exact) mass is 389 g/mol. The fraction of sp³-hybridized carbons (Fsp3) is 0.263. The maximum atomic E-state index is 12.8. The number of hydrogen-bond acceptors (Lipinski definition) is 5. The number of para-hydroxylation sites is 1. The van der Waals surface area contributed by atoms with Gasteiger partial charge in [0.2, 0.25) is 0 Å². The van der Waals surface area contributed by atoms with Crippen LogP contribution in [-0.2, 0) is 4.74 Å². The maximum Gasteiger partial charge on any atom is 0.339 e. The lowest BCUT2D eigenvalue weighted by Crippen LogP contribution is -2.41. The van der Waals surface area contributed by atoms with E-state index in [4.69, 9.17) is 16.3 Å². The lowest BCUT2D eigenvalue weighted by atomic mass is 10.2. The Hall–Kier alpha value is -2.93. The molecule has 0 fully saturated rings. The van der Waals surface area contributed by atoms with Crippen molar-refractivity contribution in [1.29, 1.82) is 0 Å². The number of ether oxygens (including phenoxy) is 1. The third-order valence-electron chi connectivity index (χ3n) is 3.69. The van der Waals surface area contributed by atoms with Crippen LogP contribution in [0.1, 0.15) is 33.0 Å². The van der Waals surface area contributed by atoms with Crippen molar-refractivity contribution in [3.8, 4) is 0 Å². The minimum Gasteiger partial charge on any atom is -0.465 e. The van der Waals surface area contributed by atoms with E-state index in [1.165, 1.54) is 13.2 Å². The van der Waals surface area contributed by atoms with E-state index < -0.39 is 17.9 Å². The minimum absolute atomic E-state index is 0.115. The normalized spacial score (nSPS) is 10.2. The fourth-order valence-corrected chi connectivity index (χ4v) is 2.50. The standard InChI is InChI=1S/C19H20ClN3O4/c1-13-7-5-10-16(21-13)17(24)23(12-6-11-20)19(26)22-15-9-4-3-8-14(15)18(25)27-2/h3-5,7-10H,6,11-12H2,1-2H3,(H,22,26). The number of rotatable bonds is 6. The van der Waals surface area contributed by atoms with Gasteiger partial charge in [-0.15, -0.1) is 11.6 Å². The molecule has 0 atom stereocenters. The molecule has 2 rings (SSSR count). The van der Waals surface area contributed by atoms with E-state index in [-0.39, 0.29) is 29.4 Å². The van der Waals surface area contributed by atoms with Gasteiger partial charge in [-0.2, -0.15) is 0 Å². The smallest absolute Gasteiger partial charge is 0.339 e. The number of aromatic nitrogens is 1. The maximum absolute atomic E-state index is 12.8. The summed E-state index contributed by atoms with van der Waals surface area (Å²) < 4.78 is 4.72. The molecule has 1 aromatic carbocycles. The molecule has 0 aliphatic carbocycles. The Labute approximate surface area is 162 Å². The molecule has 27 heavy (non-hydrogen) atoms. The number of carbonyl (C=O) groups is 3. The number of aryl methyl sites for hydroxylation is 1. The van der Waals surface area contributed by atoms with Crippen molar-refractivity contribution in [3.05, 3.63) is 59.4 Å². The molecule has 0 radical (unpaired) electrons. The number of alkyl halides is 1. The molecule has 0 unspecified atom stereocenters. The van der Waals surface area contributed by atoms with Crippen molar-refractivity contribution in [2.45, 2.75) is 13.3 Å². The van der Waals surface area contributed by atoms with Gasteiger partial charge in [0.1, 0.15) is 5.69 Å². The molecule has 2 aromatic rings. The van der Waals surface area contributed by atoms with Crippen molar-refractivity contribution in [1.82, 2.24) is 9.88 Å². The quantitative estimate of drug-likeness (QED) is 0.603. The van der Waals surface area contributed by atoms with Gasteiger partial charge in [0, 0.05) is 18.1 Å². The van der Waals surface area contributed by atoms with Gasteiger partial charge in [0.25, 0.3) is 5.91 Å². The third kappa shape index (κ3) is 5.27. The van der Waals surface area contributed by atoms with Gasteiger partial charge in [-0.25, -0.2) is 14.6 Å². The van der Waals surface area contributed by atoms with Crippen LogP contribution in [0, 0.1) is 6.92 Å². The summed E-state index contributed by atoms with van der Waals surface area (Å²) in [7, 11) is 1.25. The molecule has 7 nitrogen and oxygen atoms in total. The number of hydrogen-bond donors (Lipinski definition) is 1. The van der Waals surface area contributed by atoms with Gasteiger partial charge < -0.3 is 10.1 Å². The summed E-state index contributed by atoms with van der Waals surface area (Å²) in [4.78, 5) is 42.6. The SMILES string of the molecule is COC(=O)c1ccccc1NC(=O)N(CCCCl)C(=O)c1cccc(C)n1. The van der Waals surface area contributed by atoms with E-state index in [9.17, 15) is 14.4 Å². The highest BCUT2D eigenvalue weighted by Crippen LogP contribution is 2.17. The molecule has 0 spiro atoms. The number of esters is 1. The van der Waals surface area contributed by atoms with Crippen LogP contribution < -0.4 is 5.32 Å². The Bertz CT molecular complexity index is 841. The summed E-state index contributed by atoms with van der Waals surface area (Å²) in [5, 5.41) is 2.59. The minimum atomic E-state index is -0.676. The number of anilines is 1. The molecule has 1 N–H and O–H groups in total. The lowest BCUT2D eigenvalue weighted by molar-refractivity contribution is 0.0601. The van der Waals surface area contributed by atoms with Gasteiger partial charge in [0.05, 0.1) is 18.4 Å². The molecule has 142 valence electrons. The van der Waals surface area contributed by atoms with Crippen LogP contribution in [-0.4, -0.2) is 47.3 Å². The van der Waals surface area contributed by atoms with Crippen molar-refractivity contribution < 1.29 is 19.1 Å². The second-order valence-electron chi connectivity index (χ2n) is 5.63. The van der Waals surface area contributed by atoms with Gasteiger partial charge in [-0.05, 0) is 37.6 Å². The average Bonchev–Trinajstić information content (AvgIpc) is 2.68. The van der Waals surface area contributed by atoms with E-state index in [1.54, 1.807) is 43.3 Å². The molecule has 3 amide bonds. The summed E-state index contributed by atoms with van der Waals surface area (Å²) in [6.07, 6.45) is 0.422.